The van der Waals surface area contributed by atoms with Crippen LogP contribution in [0.4, 0.5) is 13.2 Å². The number of carbonyl (C=O) groups is 2. The molecule has 0 aliphatic heterocycles. The quantitative estimate of drug-likeness (QED) is 0.784. The highest BCUT2D eigenvalue weighted by Crippen LogP contribution is 2.40. The number of alkyl halides is 3. The van der Waals surface area contributed by atoms with Crippen molar-refractivity contribution < 1.29 is 27.9 Å². The van der Waals surface area contributed by atoms with Gasteiger partial charge in [0.2, 0.25) is 5.91 Å². The van der Waals surface area contributed by atoms with Crippen molar-refractivity contribution >= 4 is 11.9 Å². The molecule has 2 rings (SSSR count). The van der Waals surface area contributed by atoms with Crippen molar-refractivity contribution in [1.82, 2.24) is 15.3 Å². The normalized spacial score (nSPS) is 17.4. The third kappa shape index (κ3) is 2.91. The number of rotatable bonds is 4. The van der Waals surface area contributed by atoms with Crippen LogP contribution in [0.15, 0.2) is 6.20 Å². The molecule has 20 heavy (non-hydrogen) atoms. The molecule has 0 radical (unpaired) electrons. The van der Waals surface area contributed by atoms with E-state index in [0.29, 0.717) is 12.8 Å². The minimum Gasteiger partial charge on any atom is -0.477 e. The van der Waals surface area contributed by atoms with E-state index >= 15 is 0 Å². The lowest BCUT2D eigenvalue weighted by atomic mass is 9.76. The van der Waals surface area contributed by atoms with Crippen molar-refractivity contribution in [2.75, 3.05) is 0 Å². The first-order valence-corrected chi connectivity index (χ1v) is 5.88. The standard InChI is InChI=1S/C11H12F3N3O3/c12-11(13,14)4-7(18)17-10(2-1-3-10)9-15-5-6(16-9)8(19)20/h5H,1-4H2,(H,15,16)(H,17,18)(H,19,20). The summed E-state index contributed by atoms with van der Waals surface area (Å²) in [4.78, 5) is 28.5. The maximum absolute atomic E-state index is 12.2. The van der Waals surface area contributed by atoms with Gasteiger partial charge < -0.3 is 15.4 Å². The Morgan fingerprint density at radius 3 is 2.50 bits per heavy atom. The van der Waals surface area contributed by atoms with Crippen LogP contribution in [0.3, 0.4) is 0 Å². The number of carboxylic acid groups (broad SMARTS) is 1. The smallest absolute Gasteiger partial charge is 0.397 e. The van der Waals surface area contributed by atoms with Crippen LogP contribution in [0.25, 0.3) is 0 Å². The second-order valence-corrected chi connectivity index (χ2v) is 4.73. The number of hydrogen-bond acceptors (Lipinski definition) is 3. The van der Waals surface area contributed by atoms with E-state index in [-0.39, 0.29) is 11.5 Å². The number of carbonyl (C=O) groups excluding carboxylic acids is 1. The highest BCUT2D eigenvalue weighted by Gasteiger charge is 2.44. The Kier molecular flexibility index (Phi) is 3.45. The van der Waals surface area contributed by atoms with Gasteiger partial charge in [-0.05, 0) is 19.3 Å². The zero-order valence-electron chi connectivity index (χ0n) is 10.3. The molecule has 1 aromatic rings. The number of amides is 1. The molecule has 1 aliphatic rings. The molecule has 9 heteroatoms. The third-order valence-corrected chi connectivity index (χ3v) is 3.21. The second kappa shape index (κ2) is 4.80. The van der Waals surface area contributed by atoms with Crippen molar-refractivity contribution in [3.63, 3.8) is 0 Å². The monoisotopic (exact) mass is 291 g/mol. The molecule has 1 aliphatic carbocycles. The second-order valence-electron chi connectivity index (χ2n) is 4.73. The molecule has 6 nitrogen and oxygen atoms in total. The predicted molar refractivity (Wildman–Crippen MR) is 59.9 cm³/mol. The Morgan fingerprint density at radius 2 is 2.10 bits per heavy atom. The molecule has 1 saturated carbocycles. The van der Waals surface area contributed by atoms with E-state index in [1.54, 1.807) is 0 Å². The first-order chi connectivity index (χ1) is 9.22. The van der Waals surface area contributed by atoms with Crippen LogP contribution in [-0.2, 0) is 10.3 Å². The molecule has 3 N–H and O–H groups in total. The van der Waals surface area contributed by atoms with Crippen LogP contribution in [0.1, 0.15) is 42.0 Å². The lowest BCUT2D eigenvalue weighted by Gasteiger charge is -2.40. The summed E-state index contributed by atoms with van der Waals surface area (Å²) in [5, 5.41) is 11.1. The summed E-state index contributed by atoms with van der Waals surface area (Å²) in [6, 6.07) is 0. The average Bonchev–Trinajstić information content (AvgIpc) is 2.70. The van der Waals surface area contributed by atoms with E-state index in [2.05, 4.69) is 15.3 Å². The number of hydrogen-bond donors (Lipinski definition) is 3. The summed E-state index contributed by atoms with van der Waals surface area (Å²) in [6.45, 7) is 0. The van der Waals surface area contributed by atoms with Crippen LogP contribution in [0.5, 0.6) is 0 Å². The van der Waals surface area contributed by atoms with Crippen LogP contribution >= 0.6 is 0 Å². The molecule has 0 spiro atoms. The van der Waals surface area contributed by atoms with Gasteiger partial charge in [0.25, 0.3) is 0 Å². The zero-order chi connectivity index (χ0) is 15.0. The number of aromatic amines is 1. The van der Waals surface area contributed by atoms with E-state index in [1.807, 2.05) is 0 Å². The lowest BCUT2D eigenvalue weighted by molar-refractivity contribution is -0.156. The molecule has 1 fully saturated rings. The van der Waals surface area contributed by atoms with E-state index in [0.717, 1.165) is 12.6 Å². The topological polar surface area (TPSA) is 95.1 Å². The number of nitrogens with one attached hydrogen (secondary N) is 2. The van der Waals surface area contributed by atoms with Gasteiger partial charge >= 0.3 is 12.1 Å². The van der Waals surface area contributed by atoms with Crippen molar-refractivity contribution in [1.29, 1.82) is 0 Å². The van der Waals surface area contributed by atoms with E-state index < -0.39 is 30.0 Å². The van der Waals surface area contributed by atoms with Crippen molar-refractivity contribution in [2.24, 2.45) is 0 Å². The van der Waals surface area contributed by atoms with Gasteiger partial charge in [0.05, 0.1) is 11.7 Å². The van der Waals surface area contributed by atoms with Gasteiger partial charge in [0, 0.05) is 0 Å². The number of halogens is 3. The molecule has 0 atom stereocenters. The average molecular weight is 291 g/mol. The van der Waals surface area contributed by atoms with Gasteiger partial charge in [-0.15, -0.1) is 0 Å². The van der Waals surface area contributed by atoms with E-state index in [9.17, 15) is 22.8 Å². The van der Waals surface area contributed by atoms with Gasteiger partial charge in [-0.3, -0.25) is 4.79 Å². The minimum absolute atomic E-state index is 0.170. The van der Waals surface area contributed by atoms with Gasteiger partial charge in [0.1, 0.15) is 17.9 Å². The molecule has 110 valence electrons. The van der Waals surface area contributed by atoms with Crippen LogP contribution in [-0.4, -0.2) is 33.1 Å². The number of H-pyrrole nitrogens is 1. The van der Waals surface area contributed by atoms with E-state index in [1.165, 1.54) is 0 Å². The summed E-state index contributed by atoms with van der Waals surface area (Å²) in [7, 11) is 0. The molecule has 1 heterocycles. The molecule has 1 aromatic heterocycles. The highest BCUT2D eigenvalue weighted by atomic mass is 19.4. The summed E-state index contributed by atoms with van der Waals surface area (Å²) in [5.41, 5.74) is -1.19. The van der Waals surface area contributed by atoms with Gasteiger partial charge in [0.15, 0.2) is 0 Å². The van der Waals surface area contributed by atoms with Crippen molar-refractivity contribution in [3.8, 4) is 0 Å². The SMILES string of the molecule is O=C(CC(F)(F)F)NC1(c2ncc(C(=O)O)[nH]2)CCC1. The zero-order valence-corrected chi connectivity index (χ0v) is 10.3. The Balaban J connectivity index is 2.13. The molecule has 0 unspecified atom stereocenters. The summed E-state index contributed by atoms with van der Waals surface area (Å²) < 4.78 is 36.5. The fourth-order valence-electron chi connectivity index (χ4n) is 2.12. The molecule has 0 saturated heterocycles. The Morgan fingerprint density at radius 1 is 1.45 bits per heavy atom. The Hall–Kier alpha value is -2.06. The maximum Gasteiger partial charge on any atom is 0.397 e. The minimum atomic E-state index is -4.58. The van der Waals surface area contributed by atoms with Crippen LogP contribution in [0.2, 0.25) is 0 Å². The summed E-state index contributed by atoms with van der Waals surface area (Å²) in [5.74, 6) is -2.19. The number of carboxylic acids is 1. The number of nitrogens with zero attached hydrogens (tertiary/aromatic N) is 1. The summed E-state index contributed by atoms with van der Waals surface area (Å²) in [6.07, 6.45) is -3.51. The molecule has 1 amide bonds. The predicted octanol–water partition coefficient (Wildman–Crippen LogP) is 1.56. The first kappa shape index (κ1) is 14.4. The number of imidazole rings is 1. The lowest BCUT2D eigenvalue weighted by Crippen LogP contribution is -2.52. The van der Waals surface area contributed by atoms with Gasteiger partial charge in [-0.2, -0.15) is 13.2 Å². The fourth-order valence-corrected chi connectivity index (χ4v) is 2.12. The molecular weight excluding hydrogens is 279 g/mol. The van der Waals surface area contributed by atoms with E-state index in [4.69, 9.17) is 5.11 Å². The fraction of sp³-hybridized carbons (Fsp3) is 0.545. The van der Waals surface area contributed by atoms with Gasteiger partial charge in [-0.1, -0.05) is 0 Å². The maximum atomic E-state index is 12.2. The molecule has 0 aromatic carbocycles. The Labute approximate surface area is 111 Å². The van der Waals surface area contributed by atoms with Crippen molar-refractivity contribution in [3.05, 3.63) is 17.7 Å². The number of aromatic carboxylic acids is 1. The largest absolute Gasteiger partial charge is 0.477 e. The first-order valence-electron chi connectivity index (χ1n) is 5.88. The molecular formula is C11H12F3N3O3. The summed E-state index contributed by atoms with van der Waals surface area (Å²) >= 11 is 0. The van der Waals surface area contributed by atoms with Crippen LogP contribution < -0.4 is 5.32 Å². The molecule has 0 bridgehead atoms. The van der Waals surface area contributed by atoms with Crippen LogP contribution in [0, 0.1) is 0 Å². The highest BCUT2D eigenvalue weighted by molar-refractivity contribution is 5.85. The van der Waals surface area contributed by atoms with Crippen molar-refractivity contribution in [2.45, 2.75) is 37.4 Å². The third-order valence-electron chi connectivity index (χ3n) is 3.21. The number of aromatic nitrogens is 2. The Bertz CT molecular complexity index is 535. The van der Waals surface area contributed by atoms with Gasteiger partial charge in [-0.25, -0.2) is 9.78 Å².